The Morgan fingerprint density at radius 1 is 0.808 bits per heavy atom. The molecule has 0 aromatic heterocycles. The lowest BCUT2D eigenvalue weighted by Crippen LogP contribution is -2.23. The number of hydrogen-bond acceptors (Lipinski definition) is 7. The summed E-state index contributed by atoms with van der Waals surface area (Å²) in [7, 11) is 4.37. The van der Waals surface area contributed by atoms with Crippen molar-refractivity contribution in [2.24, 2.45) is 0 Å². The first kappa shape index (κ1) is 16.7. The third kappa shape index (κ3) is 2.05. The molecular weight excluding hydrogens is 408 g/mol. The Kier molecular flexibility index (Phi) is 3.80. The zero-order valence-electron chi connectivity index (χ0n) is 14.1. The Morgan fingerprint density at radius 2 is 1.38 bits per heavy atom. The molecule has 2 aromatic carbocycles. The van der Waals surface area contributed by atoms with Crippen molar-refractivity contribution >= 4 is 27.5 Å². The van der Waals surface area contributed by atoms with E-state index in [1.54, 1.807) is 6.07 Å². The third-order valence-corrected chi connectivity index (χ3v) is 5.14. The van der Waals surface area contributed by atoms with Gasteiger partial charge in [-0.3, -0.25) is 9.59 Å². The largest absolute Gasteiger partial charge is 0.492 e. The standard InChI is InChI=1S/C18H13BrO7/c1-22-16-11-7-4-9-10(26-6-25-9)5-8(7)14(20)15(21)12(11)13(19)17(23-2)18(16)24-3/h4-5H,6H2,1-3H3. The monoisotopic (exact) mass is 420 g/mol. The van der Waals surface area contributed by atoms with Gasteiger partial charge in [-0.05, 0) is 28.1 Å². The van der Waals surface area contributed by atoms with Gasteiger partial charge in [0.2, 0.25) is 24.1 Å². The van der Waals surface area contributed by atoms with Gasteiger partial charge in [0.25, 0.3) is 0 Å². The van der Waals surface area contributed by atoms with Crippen LogP contribution in [0.1, 0.15) is 20.7 Å². The number of hydrogen-bond donors (Lipinski definition) is 0. The van der Waals surface area contributed by atoms with E-state index in [1.807, 2.05) is 0 Å². The zero-order chi connectivity index (χ0) is 18.6. The maximum Gasteiger partial charge on any atom is 0.235 e. The first-order valence-corrected chi connectivity index (χ1v) is 8.37. The highest BCUT2D eigenvalue weighted by molar-refractivity contribution is 9.10. The molecule has 1 aliphatic heterocycles. The van der Waals surface area contributed by atoms with Crippen molar-refractivity contribution in [1.29, 1.82) is 0 Å². The van der Waals surface area contributed by atoms with E-state index in [1.165, 1.54) is 27.4 Å². The SMILES string of the molecule is COc1c(Br)c2c(c(OC)c1OC)-c1cc3c(cc1C(=O)C2=O)OCO3. The average molecular weight is 421 g/mol. The predicted octanol–water partition coefficient (Wildman–Crippen LogP) is 3.25. The lowest BCUT2D eigenvalue weighted by Gasteiger charge is -2.25. The summed E-state index contributed by atoms with van der Waals surface area (Å²) in [5.74, 6) is 0.485. The van der Waals surface area contributed by atoms with Crippen LogP contribution >= 0.6 is 15.9 Å². The minimum Gasteiger partial charge on any atom is -0.492 e. The van der Waals surface area contributed by atoms with Gasteiger partial charge in [-0.15, -0.1) is 0 Å². The number of ketones is 2. The molecule has 7 nitrogen and oxygen atoms in total. The molecule has 0 saturated carbocycles. The van der Waals surface area contributed by atoms with Crippen LogP contribution in [-0.2, 0) is 0 Å². The Hall–Kier alpha value is -2.74. The molecule has 0 atom stereocenters. The number of carbonyl (C=O) groups is 2. The topological polar surface area (TPSA) is 80.3 Å². The lowest BCUT2D eigenvalue weighted by molar-refractivity contribution is 0.0814. The summed E-state index contributed by atoms with van der Waals surface area (Å²) in [6.45, 7) is 0.0555. The number of carbonyl (C=O) groups excluding carboxylic acids is 2. The van der Waals surface area contributed by atoms with E-state index in [-0.39, 0.29) is 23.7 Å². The average Bonchev–Trinajstić information content (AvgIpc) is 3.11. The van der Waals surface area contributed by atoms with E-state index in [0.29, 0.717) is 38.6 Å². The van der Waals surface area contributed by atoms with Crippen LogP contribution in [0.4, 0.5) is 0 Å². The molecule has 2 aromatic rings. The van der Waals surface area contributed by atoms with Gasteiger partial charge in [0.1, 0.15) is 0 Å². The van der Waals surface area contributed by atoms with Crippen molar-refractivity contribution in [3.63, 3.8) is 0 Å². The van der Waals surface area contributed by atoms with E-state index in [9.17, 15) is 9.59 Å². The van der Waals surface area contributed by atoms with Crippen LogP contribution in [0.2, 0.25) is 0 Å². The van der Waals surface area contributed by atoms with Crippen molar-refractivity contribution in [2.45, 2.75) is 0 Å². The second-order valence-corrected chi connectivity index (χ2v) is 6.37. The molecule has 2 aliphatic rings. The van der Waals surface area contributed by atoms with Crippen molar-refractivity contribution in [3.05, 3.63) is 27.7 Å². The molecular formula is C18H13BrO7. The predicted molar refractivity (Wildman–Crippen MR) is 94.0 cm³/mol. The first-order chi connectivity index (χ1) is 12.5. The van der Waals surface area contributed by atoms with Gasteiger partial charge in [-0.2, -0.15) is 0 Å². The van der Waals surface area contributed by atoms with Crippen LogP contribution < -0.4 is 23.7 Å². The van der Waals surface area contributed by atoms with Gasteiger partial charge in [-0.1, -0.05) is 0 Å². The van der Waals surface area contributed by atoms with Gasteiger partial charge in [0.15, 0.2) is 23.0 Å². The lowest BCUT2D eigenvalue weighted by atomic mass is 9.82. The Morgan fingerprint density at radius 3 is 1.96 bits per heavy atom. The van der Waals surface area contributed by atoms with Gasteiger partial charge in [-0.25, -0.2) is 0 Å². The van der Waals surface area contributed by atoms with Crippen molar-refractivity contribution in [3.8, 4) is 39.9 Å². The van der Waals surface area contributed by atoms with Gasteiger partial charge >= 0.3 is 0 Å². The summed E-state index contributed by atoms with van der Waals surface area (Å²) >= 11 is 3.37. The molecule has 0 saturated heterocycles. The summed E-state index contributed by atoms with van der Waals surface area (Å²) < 4.78 is 27.4. The highest BCUT2D eigenvalue weighted by Gasteiger charge is 2.39. The molecule has 26 heavy (non-hydrogen) atoms. The summed E-state index contributed by atoms with van der Waals surface area (Å²) in [6.07, 6.45) is 0. The fourth-order valence-electron chi connectivity index (χ4n) is 3.26. The summed E-state index contributed by atoms with van der Waals surface area (Å²) in [5.41, 5.74) is 1.34. The zero-order valence-corrected chi connectivity index (χ0v) is 15.7. The van der Waals surface area contributed by atoms with E-state index in [4.69, 9.17) is 23.7 Å². The van der Waals surface area contributed by atoms with Gasteiger partial charge < -0.3 is 23.7 Å². The number of rotatable bonds is 3. The van der Waals surface area contributed by atoms with Crippen LogP contribution in [0.15, 0.2) is 16.6 Å². The number of benzene rings is 2. The van der Waals surface area contributed by atoms with Crippen molar-refractivity contribution < 1.29 is 33.3 Å². The second kappa shape index (κ2) is 5.91. The molecule has 0 bridgehead atoms. The number of Topliss-reactive ketones (excluding diaryl/α,β-unsaturated/α-hetero) is 2. The molecule has 8 heteroatoms. The number of halogens is 1. The normalized spacial score (nSPS) is 14.0. The molecule has 1 heterocycles. The maximum absolute atomic E-state index is 12.8. The second-order valence-electron chi connectivity index (χ2n) is 5.57. The molecule has 0 N–H and O–H groups in total. The number of fused-ring (bicyclic) bond motifs is 4. The summed E-state index contributed by atoms with van der Waals surface area (Å²) in [6, 6.07) is 3.19. The van der Waals surface area contributed by atoms with Gasteiger partial charge in [0, 0.05) is 16.7 Å². The molecule has 1 aliphatic carbocycles. The minimum absolute atomic E-state index is 0.0555. The smallest absolute Gasteiger partial charge is 0.235 e. The molecule has 134 valence electrons. The first-order valence-electron chi connectivity index (χ1n) is 7.57. The number of methoxy groups -OCH3 is 3. The fourth-order valence-corrected chi connectivity index (χ4v) is 3.98. The molecule has 0 unspecified atom stereocenters. The highest BCUT2D eigenvalue weighted by Crippen LogP contribution is 2.55. The van der Waals surface area contributed by atoms with Crippen LogP contribution in [0.3, 0.4) is 0 Å². The Labute approximate surface area is 156 Å². The summed E-state index contributed by atoms with van der Waals surface area (Å²) in [5, 5.41) is 0. The molecule has 4 rings (SSSR count). The van der Waals surface area contributed by atoms with Crippen LogP contribution in [-0.4, -0.2) is 39.7 Å². The minimum atomic E-state index is -0.669. The fraction of sp³-hybridized carbons (Fsp3) is 0.222. The van der Waals surface area contributed by atoms with Gasteiger partial charge in [0.05, 0.1) is 31.4 Å². The quantitative estimate of drug-likeness (QED) is 0.704. The van der Waals surface area contributed by atoms with Crippen LogP contribution in [0, 0.1) is 0 Å². The Balaban J connectivity index is 2.16. The molecule has 0 spiro atoms. The third-order valence-electron chi connectivity index (χ3n) is 4.38. The van der Waals surface area contributed by atoms with E-state index in [2.05, 4.69) is 15.9 Å². The number of ether oxygens (including phenoxy) is 5. The van der Waals surface area contributed by atoms with Crippen molar-refractivity contribution in [2.75, 3.05) is 28.1 Å². The van der Waals surface area contributed by atoms with E-state index in [0.717, 1.165) is 0 Å². The van der Waals surface area contributed by atoms with Crippen molar-refractivity contribution in [1.82, 2.24) is 0 Å². The Bertz CT molecular complexity index is 980. The van der Waals surface area contributed by atoms with Crippen LogP contribution in [0.5, 0.6) is 28.7 Å². The highest BCUT2D eigenvalue weighted by atomic mass is 79.9. The molecule has 0 amide bonds. The molecule has 0 radical (unpaired) electrons. The molecule has 0 fully saturated rings. The summed E-state index contributed by atoms with van der Waals surface area (Å²) in [4.78, 5) is 25.5. The van der Waals surface area contributed by atoms with Crippen LogP contribution in [0.25, 0.3) is 11.1 Å². The van der Waals surface area contributed by atoms with E-state index < -0.39 is 11.6 Å². The maximum atomic E-state index is 12.8. The van der Waals surface area contributed by atoms with E-state index >= 15 is 0 Å².